The number of benzene rings is 1. The summed E-state index contributed by atoms with van der Waals surface area (Å²) < 4.78 is 5.30. The minimum Gasteiger partial charge on any atom is -0.339 e. The van der Waals surface area contributed by atoms with E-state index in [9.17, 15) is 9.59 Å². The van der Waals surface area contributed by atoms with Crippen molar-refractivity contribution in [3.05, 3.63) is 47.9 Å². The molecule has 1 aromatic heterocycles. The maximum Gasteiger partial charge on any atom is 0.233 e. The number of carbonyl (C=O) groups is 2. The Hall–Kier alpha value is -2.76. The maximum absolute atomic E-state index is 12.4. The highest BCUT2D eigenvalue weighted by Gasteiger charge is 2.46. The summed E-state index contributed by atoms with van der Waals surface area (Å²) in [6.45, 7) is 2.44. The fourth-order valence-electron chi connectivity index (χ4n) is 3.65. The summed E-state index contributed by atoms with van der Waals surface area (Å²) in [6, 6.07) is 7.93. The molecule has 1 fully saturated rings. The zero-order valence-corrected chi connectivity index (χ0v) is 14.7. The van der Waals surface area contributed by atoms with Gasteiger partial charge >= 0.3 is 0 Å². The Kier molecular flexibility index (Phi) is 4.41. The number of hydrogen-bond acceptors (Lipinski definition) is 5. The van der Waals surface area contributed by atoms with Crippen molar-refractivity contribution < 1.29 is 14.1 Å². The van der Waals surface area contributed by atoms with Crippen LogP contribution in [0.5, 0.6) is 0 Å². The lowest BCUT2D eigenvalue weighted by Gasteiger charge is -2.14. The second-order valence-electron chi connectivity index (χ2n) is 6.97. The number of nitrogens with zero attached hydrogens (tertiary/aromatic N) is 3. The normalized spacial score (nSPS) is 22.1. The summed E-state index contributed by atoms with van der Waals surface area (Å²) in [5, 5.41) is 4.01. The van der Waals surface area contributed by atoms with Crippen LogP contribution in [0, 0.1) is 18.8 Å². The van der Waals surface area contributed by atoms with Crippen molar-refractivity contribution in [2.24, 2.45) is 11.8 Å². The molecule has 0 saturated carbocycles. The summed E-state index contributed by atoms with van der Waals surface area (Å²) in [5.41, 5.74) is 2.08. The third kappa shape index (κ3) is 3.07. The molecule has 2 aromatic rings. The van der Waals surface area contributed by atoms with Crippen LogP contribution in [0.25, 0.3) is 11.4 Å². The Morgan fingerprint density at radius 1 is 1.08 bits per heavy atom. The molecular formula is C20H21N3O3. The fraction of sp³-hybridized carbons (Fsp3) is 0.400. The molecule has 0 unspecified atom stereocenters. The first-order valence-corrected chi connectivity index (χ1v) is 9.03. The third-order valence-electron chi connectivity index (χ3n) is 5.15. The molecule has 6 heteroatoms. The Bertz CT molecular complexity index is 827. The highest BCUT2D eigenvalue weighted by molar-refractivity contribution is 6.05. The largest absolute Gasteiger partial charge is 0.339 e. The van der Waals surface area contributed by atoms with Gasteiger partial charge in [0.25, 0.3) is 0 Å². The first-order chi connectivity index (χ1) is 12.6. The van der Waals surface area contributed by atoms with Gasteiger partial charge in [0.05, 0.1) is 11.8 Å². The van der Waals surface area contributed by atoms with E-state index in [1.165, 1.54) is 10.5 Å². The Labute approximate surface area is 151 Å². The molecule has 1 aliphatic heterocycles. The smallest absolute Gasteiger partial charge is 0.233 e. The first kappa shape index (κ1) is 16.7. The number of amides is 2. The van der Waals surface area contributed by atoms with Gasteiger partial charge in [-0.25, -0.2) is 0 Å². The second kappa shape index (κ2) is 6.86. The number of likely N-dealkylation sites (tertiary alicyclic amines) is 1. The van der Waals surface area contributed by atoms with Gasteiger partial charge < -0.3 is 4.52 Å². The van der Waals surface area contributed by atoms with Crippen molar-refractivity contribution in [1.29, 1.82) is 0 Å². The summed E-state index contributed by atoms with van der Waals surface area (Å²) in [5.74, 6) is 0.697. The SMILES string of the molecule is Cc1ccc(-c2noc(CCCN3C(=O)[C@@H]4CC=CC[C@H]4C3=O)n2)cc1. The molecule has 1 aliphatic carbocycles. The number of fused-ring (bicyclic) bond motifs is 1. The van der Waals surface area contributed by atoms with Gasteiger partial charge in [-0.15, -0.1) is 0 Å². The molecule has 2 amide bonds. The van der Waals surface area contributed by atoms with Crippen molar-refractivity contribution in [2.45, 2.75) is 32.6 Å². The molecule has 1 aromatic carbocycles. The van der Waals surface area contributed by atoms with E-state index in [-0.39, 0.29) is 23.7 Å². The van der Waals surface area contributed by atoms with Crippen molar-refractivity contribution in [3.8, 4) is 11.4 Å². The highest BCUT2D eigenvalue weighted by Crippen LogP contribution is 2.35. The van der Waals surface area contributed by atoms with Crippen LogP contribution >= 0.6 is 0 Å². The van der Waals surface area contributed by atoms with Crippen LogP contribution in [0.1, 0.15) is 30.7 Å². The maximum atomic E-state index is 12.4. The molecule has 1 saturated heterocycles. The van der Waals surface area contributed by atoms with Crippen LogP contribution in [0.3, 0.4) is 0 Å². The average Bonchev–Trinajstić information content (AvgIpc) is 3.22. The molecule has 0 radical (unpaired) electrons. The predicted octanol–water partition coefficient (Wildman–Crippen LogP) is 2.93. The molecular weight excluding hydrogens is 330 g/mol. The zero-order valence-electron chi connectivity index (χ0n) is 14.7. The quantitative estimate of drug-likeness (QED) is 0.611. The predicted molar refractivity (Wildman–Crippen MR) is 94.9 cm³/mol. The minimum absolute atomic E-state index is 0.0322. The van der Waals surface area contributed by atoms with Crippen molar-refractivity contribution in [3.63, 3.8) is 0 Å². The van der Waals surface area contributed by atoms with E-state index in [1.807, 2.05) is 43.3 Å². The van der Waals surface area contributed by atoms with Gasteiger partial charge in [0, 0.05) is 18.5 Å². The number of aryl methyl sites for hydroxylation is 2. The molecule has 134 valence electrons. The van der Waals surface area contributed by atoms with Gasteiger partial charge in [-0.2, -0.15) is 4.98 Å². The van der Waals surface area contributed by atoms with E-state index in [4.69, 9.17) is 4.52 Å². The number of imide groups is 1. The summed E-state index contributed by atoms with van der Waals surface area (Å²) in [4.78, 5) is 30.7. The number of hydrogen-bond donors (Lipinski definition) is 0. The Balaban J connectivity index is 1.35. The molecule has 2 aliphatic rings. The molecule has 26 heavy (non-hydrogen) atoms. The molecule has 2 heterocycles. The standard InChI is InChI=1S/C20H21N3O3/c1-13-8-10-14(11-9-13)18-21-17(26-22-18)7-4-12-23-19(24)15-5-2-3-6-16(15)20(23)25/h2-3,8-11,15-16H,4-7,12H2,1H3/t15-,16-/m1/s1. The van der Waals surface area contributed by atoms with Gasteiger partial charge in [0.1, 0.15) is 0 Å². The van der Waals surface area contributed by atoms with Crippen LogP contribution in [0.4, 0.5) is 0 Å². The van der Waals surface area contributed by atoms with Gasteiger partial charge in [-0.3, -0.25) is 14.5 Å². The van der Waals surface area contributed by atoms with E-state index in [1.54, 1.807) is 0 Å². The van der Waals surface area contributed by atoms with Crippen LogP contribution in [0.15, 0.2) is 40.9 Å². The van der Waals surface area contributed by atoms with E-state index < -0.39 is 0 Å². The average molecular weight is 351 g/mol. The van der Waals surface area contributed by atoms with Crippen molar-refractivity contribution >= 4 is 11.8 Å². The number of carbonyl (C=O) groups excluding carboxylic acids is 2. The minimum atomic E-state index is -0.163. The molecule has 2 atom stereocenters. The van der Waals surface area contributed by atoms with Crippen LogP contribution in [-0.4, -0.2) is 33.4 Å². The second-order valence-corrected chi connectivity index (χ2v) is 6.97. The zero-order chi connectivity index (χ0) is 18.1. The lowest BCUT2D eigenvalue weighted by Crippen LogP contribution is -2.32. The topological polar surface area (TPSA) is 76.3 Å². The number of rotatable bonds is 5. The lowest BCUT2D eigenvalue weighted by atomic mass is 9.85. The molecule has 0 bridgehead atoms. The molecule has 0 N–H and O–H groups in total. The van der Waals surface area contributed by atoms with Gasteiger partial charge in [0.2, 0.25) is 23.5 Å². The summed E-state index contributed by atoms with van der Waals surface area (Å²) >= 11 is 0. The molecule has 0 spiro atoms. The highest BCUT2D eigenvalue weighted by atomic mass is 16.5. The number of aromatic nitrogens is 2. The van der Waals surface area contributed by atoms with E-state index in [0.29, 0.717) is 43.9 Å². The van der Waals surface area contributed by atoms with Crippen molar-refractivity contribution in [2.75, 3.05) is 6.54 Å². The first-order valence-electron chi connectivity index (χ1n) is 9.03. The van der Waals surface area contributed by atoms with Gasteiger partial charge in [0.15, 0.2) is 0 Å². The number of allylic oxidation sites excluding steroid dienone is 2. The van der Waals surface area contributed by atoms with Crippen LogP contribution in [-0.2, 0) is 16.0 Å². The Morgan fingerprint density at radius 3 is 2.38 bits per heavy atom. The molecule has 6 nitrogen and oxygen atoms in total. The lowest BCUT2D eigenvalue weighted by molar-refractivity contribution is -0.139. The van der Waals surface area contributed by atoms with E-state index in [0.717, 1.165) is 5.56 Å². The van der Waals surface area contributed by atoms with Crippen LogP contribution in [0.2, 0.25) is 0 Å². The van der Waals surface area contributed by atoms with Crippen molar-refractivity contribution in [1.82, 2.24) is 15.0 Å². The monoisotopic (exact) mass is 351 g/mol. The fourth-order valence-corrected chi connectivity index (χ4v) is 3.65. The van der Waals surface area contributed by atoms with Gasteiger partial charge in [-0.05, 0) is 26.2 Å². The van der Waals surface area contributed by atoms with Gasteiger partial charge in [-0.1, -0.05) is 47.1 Å². The third-order valence-corrected chi connectivity index (χ3v) is 5.15. The summed E-state index contributed by atoms with van der Waals surface area (Å²) in [7, 11) is 0. The van der Waals surface area contributed by atoms with E-state index >= 15 is 0 Å². The van der Waals surface area contributed by atoms with E-state index in [2.05, 4.69) is 10.1 Å². The molecule has 4 rings (SSSR count). The summed E-state index contributed by atoms with van der Waals surface area (Å²) in [6.07, 6.45) is 6.52. The Morgan fingerprint density at radius 2 is 1.73 bits per heavy atom. The van der Waals surface area contributed by atoms with Crippen LogP contribution < -0.4 is 0 Å².